The second-order valence-electron chi connectivity index (χ2n) is 6.53. The number of H-pyrrole nitrogens is 1. The van der Waals surface area contributed by atoms with Crippen molar-refractivity contribution in [3.63, 3.8) is 0 Å². The summed E-state index contributed by atoms with van der Waals surface area (Å²) in [7, 11) is 1.59. The van der Waals surface area contributed by atoms with E-state index in [1.54, 1.807) is 13.2 Å². The zero-order valence-electron chi connectivity index (χ0n) is 15.2. The Labute approximate surface area is 157 Å². The minimum absolute atomic E-state index is 0.0452. The van der Waals surface area contributed by atoms with Crippen molar-refractivity contribution in [2.75, 3.05) is 20.2 Å². The predicted molar refractivity (Wildman–Crippen MR) is 101 cm³/mol. The van der Waals surface area contributed by atoms with Gasteiger partial charge < -0.3 is 19.9 Å². The molecular formula is C20H23N3O4. The first-order valence-electron chi connectivity index (χ1n) is 8.96. The van der Waals surface area contributed by atoms with E-state index in [4.69, 9.17) is 4.74 Å². The van der Waals surface area contributed by atoms with Gasteiger partial charge in [0.15, 0.2) is 0 Å². The number of methoxy groups -OCH3 is 1. The molecule has 7 heteroatoms. The summed E-state index contributed by atoms with van der Waals surface area (Å²) in [4.78, 5) is 40.8. The molecular weight excluding hydrogens is 346 g/mol. The number of nitrogens with one attached hydrogen (secondary N) is 2. The molecule has 1 aliphatic rings. The quantitative estimate of drug-likeness (QED) is 0.832. The van der Waals surface area contributed by atoms with Crippen LogP contribution in [-0.4, -0.2) is 47.9 Å². The second-order valence-corrected chi connectivity index (χ2v) is 6.53. The zero-order chi connectivity index (χ0) is 19.2. The number of pyridine rings is 1. The number of ether oxygens (including phenoxy) is 1. The van der Waals surface area contributed by atoms with Crippen molar-refractivity contribution in [1.82, 2.24) is 15.2 Å². The monoisotopic (exact) mass is 369 g/mol. The third-order valence-electron chi connectivity index (χ3n) is 4.78. The van der Waals surface area contributed by atoms with Gasteiger partial charge in [0.05, 0.1) is 13.5 Å². The molecule has 0 spiro atoms. The van der Waals surface area contributed by atoms with Gasteiger partial charge in [0.1, 0.15) is 11.3 Å². The Kier molecular flexibility index (Phi) is 5.90. The molecule has 2 amide bonds. The molecule has 1 aromatic heterocycles. The van der Waals surface area contributed by atoms with Crippen LogP contribution in [0.1, 0.15) is 28.8 Å². The molecule has 7 nitrogen and oxygen atoms in total. The molecule has 0 atom stereocenters. The summed E-state index contributed by atoms with van der Waals surface area (Å²) in [5.41, 5.74) is 0.565. The fraction of sp³-hybridized carbons (Fsp3) is 0.350. The number of para-hydroxylation sites is 1. The van der Waals surface area contributed by atoms with Crippen molar-refractivity contribution in [2.45, 2.75) is 25.3 Å². The number of likely N-dealkylation sites (tertiary alicyclic amines) is 1. The summed E-state index contributed by atoms with van der Waals surface area (Å²) >= 11 is 0. The largest absolute Gasteiger partial charge is 0.496 e. The molecule has 2 N–H and O–H groups in total. The summed E-state index contributed by atoms with van der Waals surface area (Å²) in [5.74, 6) is 0.375. The molecule has 142 valence electrons. The van der Waals surface area contributed by atoms with Crippen LogP contribution >= 0.6 is 0 Å². The Morgan fingerprint density at radius 2 is 1.93 bits per heavy atom. The van der Waals surface area contributed by atoms with Gasteiger partial charge in [0.25, 0.3) is 11.5 Å². The number of hydrogen-bond donors (Lipinski definition) is 2. The Hall–Kier alpha value is -3.09. The van der Waals surface area contributed by atoms with Gasteiger partial charge in [-0.25, -0.2) is 0 Å². The molecule has 0 unspecified atom stereocenters. The van der Waals surface area contributed by atoms with E-state index in [0.29, 0.717) is 38.1 Å². The molecule has 1 fully saturated rings. The third-order valence-corrected chi connectivity index (χ3v) is 4.78. The van der Waals surface area contributed by atoms with Crippen LogP contribution in [-0.2, 0) is 11.2 Å². The molecule has 0 bridgehead atoms. The molecule has 0 saturated carbocycles. The summed E-state index contributed by atoms with van der Waals surface area (Å²) in [6, 6.07) is 10.6. The highest BCUT2D eigenvalue weighted by molar-refractivity contribution is 5.93. The standard InChI is InChI=1S/C20H23N3O4/c1-27-17-7-3-2-5-14(17)13-18(24)23-11-8-15(9-12-23)22-20(26)16-6-4-10-21-19(16)25/h2-7,10,15H,8-9,11-13H2,1H3,(H,21,25)(H,22,26). The van der Waals surface area contributed by atoms with Gasteiger partial charge >= 0.3 is 0 Å². The second kappa shape index (κ2) is 8.53. The van der Waals surface area contributed by atoms with Gasteiger partial charge in [0.2, 0.25) is 5.91 Å². The first-order valence-corrected chi connectivity index (χ1v) is 8.96. The van der Waals surface area contributed by atoms with Gasteiger partial charge in [-0.15, -0.1) is 0 Å². The lowest BCUT2D eigenvalue weighted by molar-refractivity contribution is -0.131. The van der Waals surface area contributed by atoms with Gasteiger partial charge in [-0.3, -0.25) is 14.4 Å². The van der Waals surface area contributed by atoms with E-state index in [9.17, 15) is 14.4 Å². The fourth-order valence-electron chi connectivity index (χ4n) is 3.26. The first-order chi connectivity index (χ1) is 13.1. The van der Waals surface area contributed by atoms with Gasteiger partial charge in [-0.1, -0.05) is 18.2 Å². The van der Waals surface area contributed by atoms with Gasteiger partial charge in [-0.05, 0) is 31.0 Å². The highest BCUT2D eigenvalue weighted by Gasteiger charge is 2.25. The van der Waals surface area contributed by atoms with Crippen LogP contribution < -0.4 is 15.6 Å². The Bertz CT molecular complexity index is 869. The van der Waals surface area contributed by atoms with Crippen LogP contribution in [0.2, 0.25) is 0 Å². The van der Waals surface area contributed by atoms with Crippen LogP contribution in [0.15, 0.2) is 47.4 Å². The van der Waals surface area contributed by atoms with Crippen LogP contribution in [0.3, 0.4) is 0 Å². The lowest BCUT2D eigenvalue weighted by atomic mass is 10.0. The summed E-state index contributed by atoms with van der Waals surface area (Å²) in [6.45, 7) is 1.15. The Morgan fingerprint density at radius 3 is 2.63 bits per heavy atom. The number of aromatic nitrogens is 1. The first kappa shape index (κ1) is 18.7. The van der Waals surface area contributed by atoms with Crippen molar-refractivity contribution in [2.24, 2.45) is 0 Å². The maximum absolute atomic E-state index is 12.6. The number of hydrogen-bond acceptors (Lipinski definition) is 4. The molecule has 3 rings (SSSR count). The number of carbonyl (C=O) groups excluding carboxylic acids is 2. The smallest absolute Gasteiger partial charge is 0.260 e. The summed E-state index contributed by atoms with van der Waals surface area (Å²) in [6.07, 6.45) is 3.10. The number of benzene rings is 1. The number of rotatable bonds is 5. The average Bonchev–Trinajstić information content (AvgIpc) is 2.69. The topological polar surface area (TPSA) is 91.5 Å². The SMILES string of the molecule is COc1ccccc1CC(=O)N1CCC(NC(=O)c2ccc[nH]c2=O)CC1. The fourth-order valence-corrected chi connectivity index (χ4v) is 3.26. The third kappa shape index (κ3) is 4.55. The molecule has 0 radical (unpaired) electrons. The minimum Gasteiger partial charge on any atom is -0.496 e. The van der Waals surface area contributed by atoms with E-state index in [-0.39, 0.29) is 23.4 Å². The number of amides is 2. The molecule has 1 aromatic carbocycles. The van der Waals surface area contributed by atoms with Crippen molar-refractivity contribution >= 4 is 11.8 Å². The van der Waals surface area contributed by atoms with E-state index >= 15 is 0 Å². The maximum atomic E-state index is 12.6. The zero-order valence-corrected chi connectivity index (χ0v) is 15.2. The number of piperidine rings is 1. The van der Waals surface area contributed by atoms with E-state index in [1.807, 2.05) is 29.2 Å². The molecule has 2 aromatic rings. The van der Waals surface area contributed by atoms with Crippen molar-refractivity contribution in [1.29, 1.82) is 0 Å². The highest BCUT2D eigenvalue weighted by atomic mass is 16.5. The Balaban J connectivity index is 1.53. The normalized spacial score (nSPS) is 14.6. The maximum Gasteiger partial charge on any atom is 0.260 e. The number of nitrogens with zero attached hydrogens (tertiary/aromatic N) is 1. The highest BCUT2D eigenvalue weighted by Crippen LogP contribution is 2.20. The van der Waals surface area contributed by atoms with Crippen molar-refractivity contribution in [3.8, 4) is 5.75 Å². The van der Waals surface area contributed by atoms with Crippen LogP contribution in [0.5, 0.6) is 5.75 Å². The summed E-state index contributed by atoms with van der Waals surface area (Å²) in [5, 5.41) is 2.89. The van der Waals surface area contributed by atoms with E-state index in [1.165, 1.54) is 12.3 Å². The van der Waals surface area contributed by atoms with E-state index < -0.39 is 5.56 Å². The van der Waals surface area contributed by atoms with Gasteiger partial charge in [0, 0.05) is 30.9 Å². The minimum atomic E-state index is -0.403. The van der Waals surface area contributed by atoms with Crippen LogP contribution in [0.4, 0.5) is 0 Å². The lowest BCUT2D eigenvalue weighted by Crippen LogP contribution is -2.47. The number of carbonyl (C=O) groups is 2. The predicted octanol–water partition coefficient (Wildman–Crippen LogP) is 1.35. The average molecular weight is 369 g/mol. The van der Waals surface area contributed by atoms with E-state index in [0.717, 1.165) is 5.56 Å². The molecule has 2 heterocycles. The Morgan fingerprint density at radius 1 is 1.19 bits per heavy atom. The lowest BCUT2D eigenvalue weighted by Gasteiger charge is -2.32. The van der Waals surface area contributed by atoms with Crippen LogP contribution in [0.25, 0.3) is 0 Å². The number of aromatic amines is 1. The molecule has 27 heavy (non-hydrogen) atoms. The molecule has 1 saturated heterocycles. The van der Waals surface area contributed by atoms with E-state index in [2.05, 4.69) is 10.3 Å². The van der Waals surface area contributed by atoms with Crippen molar-refractivity contribution in [3.05, 3.63) is 64.1 Å². The molecule has 0 aliphatic carbocycles. The molecule has 1 aliphatic heterocycles. The van der Waals surface area contributed by atoms with Crippen molar-refractivity contribution < 1.29 is 14.3 Å². The van der Waals surface area contributed by atoms with Gasteiger partial charge in [-0.2, -0.15) is 0 Å². The van der Waals surface area contributed by atoms with Crippen LogP contribution in [0, 0.1) is 0 Å². The summed E-state index contributed by atoms with van der Waals surface area (Å²) < 4.78 is 5.30.